The standard InChI is InChI=1S/CH3O.K.Na.H/c1-2;;;/h1H3;;;/q-1;+1;;. The predicted octanol–water partition coefficient (Wildman–Crippen LogP) is -4.67. The molecule has 0 N–H and O–H groups in total. The van der Waals surface area contributed by atoms with E-state index in [9.17, 15) is 0 Å². The van der Waals surface area contributed by atoms with Crippen LogP contribution in [0.25, 0.3) is 0 Å². The van der Waals surface area contributed by atoms with Crippen molar-refractivity contribution < 1.29 is 56.5 Å². The average molecular weight is 94.1 g/mol. The molecule has 0 bridgehead atoms. The fraction of sp³-hybridized carbons (Fsp3) is 1.00. The van der Waals surface area contributed by atoms with Gasteiger partial charge in [-0.05, 0) is 0 Å². The minimum atomic E-state index is 0. The van der Waals surface area contributed by atoms with Crippen molar-refractivity contribution in [2.45, 2.75) is 0 Å². The third-order valence-electron chi connectivity index (χ3n) is 0. The van der Waals surface area contributed by atoms with Crippen molar-refractivity contribution in [2.75, 3.05) is 7.11 Å². The van der Waals surface area contributed by atoms with Crippen LogP contribution in [0.3, 0.4) is 0 Å². The Hall–Kier alpha value is 2.60. The van der Waals surface area contributed by atoms with E-state index < -0.39 is 0 Å². The van der Waals surface area contributed by atoms with Gasteiger partial charge in [-0.2, -0.15) is 7.11 Å². The molecule has 0 fully saturated rings. The molecule has 0 aromatic heterocycles. The van der Waals surface area contributed by atoms with E-state index in [1.807, 2.05) is 0 Å². The normalized spacial score (nSPS) is 1.50. The molecule has 0 amide bonds. The van der Waals surface area contributed by atoms with Crippen molar-refractivity contribution in [3.8, 4) is 0 Å². The summed E-state index contributed by atoms with van der Waals surface area (Å²) in [6.07, 6.45) is 0. The van der Waals surface area contributed by atoms with Crippen LogP contribution >= 0.6 is 0 Å². The summed E-state index contributed by atoms with van der Waals surface area (Å²) < 4.78 is 0. The zero-order valence-corrected chi connectivity index (χ0v) is 5.53. The van der Waals surface area contributed by atoms with E-state index in [1.165, 1.54) is 0 Å². The third-order valence-corrected chi connectivity index (χ3v) is 0. The van der Waals surface area contributed by atoms with E-state index in [1.54, 1.807) is 0 Å². The molecular formula is CH4KNaO. The summed E-state index contributed by atoms with van der Waals surface area (Å²) in [4.78, 5) is 0. The molecule has 3 heteroatoms. The fourth-order valence-corrected chi connectivity index (χ4v) is 0. The van der Waals surface area contributed by atoms with Gasteiger partial charge in [0.1, 0.15) is 0 Å². The summed E-state index contributed by atoms with van der Waals surface area (Å²) in [6, 6.07) is 0. The predicted molar refractivity (Wildman–Crippen MR) is 13.1 cm³/mol. The van der Waals surface area contributed by atoms with Gasteiger partial charge >= 0.3 is 80.9 Å². The van der Waals surface area contributed by atoms with Crippen LogP contribution < -0.4 is 56.5 Å². The minimum absolute atomic E-state index is 0. The first-order valence-corrected chi connectivity index (χ1v) is 0.408. The van der Waals surface area contributed by atoms with Crippen molar-refractivity contribution >= 4 is 29.6 Å². The first kappa shape index (κ1) is 16.0. The van der Waals surface area contributed by atoms with Gasteiger partial charge in [-0.1, -0.05) is 0 Å². The van der Waals surface area contributed by atoms with Gasteiger partial charge < -0.3 is 5.11 Å². The van der Waals surface area contributed by atoms with Crippen LogP contribution in [-0.4, -0.2) is 36.7 Å². The molecule has 0 heterocycles. The van der Waals surface area contributed by atoms with Crippen LogP contribution in [0.15, 0.2) is 0 Å². The third kappa shape index (κ3) is 8.82. The molecule has 4 heavy (non-hydrogen) atoms. The van der Waals surface area contributed by atoms with Crippen LogP contribution in [0.5, 0.6) is 0 Å². The van der Waals surface area contributed by atoms with Gasteiger partial charge in [-0.3, -0.25) is 0 Å². The van der Waals surface area contributed by atoms with Gasteiger partial charge in [0.2, 0.25) is 0 Å². The molecule has 0 aromatic rings. The topological polar surface area (TPSA) is 23.1 Å². The second-order valence-electron chi connectivity index (χ2n) is 0. The molecule has 0 rings (SSSR count). The Bertz CT molecular complexity index is 8.00. The molecule has 0 spiro atoms. The molecule has 0 saturated heterocycles. The summed E-state index contributed by atoms with van der Waals surface area (Å²) in [7, 11) is 0.750. The summed E-state index contributed by atoms with van der Waals surface area (Å²) in [6.45, 7) is 0. The van der Waals surface area contributed by atoms with Gasteiger partial charge in [-0.15, -0.1) is 0 Å². The first-order chi connectivity index (χ1) is 1.00. The molecule has 16 valence electrons. The molecule has 0 saturated carbocycles. The van der Waals surface area contributed by atoms with Crippen LogP contribution in [0.4, 0.5) is 0 Å². The maximum atomic E-state index is 8.25. The SMILES string of the molecule is C[O-].[K+].[NaH]. The van der Waals surface area contributed by atoms with E-state index in [0.717, 1.165) is 7.11 Å². The summed E-state index contributed by atoms with van der Waals surface area (Å²) >= 11 is 0. The van der Waals surface area contributed by atoms with E-state index >= 15 is 0 Å². The second-order valence-corrected chi connectivity index (χ2v) is 0. The number of rotatable bonds is 0. The molecular weight excluding hydrogens is 90.1 g/mol. The summed E-state index contributed by atoms with van der Waals surface area (Å²) in [5.74, 6) is 0. The second kappa shape index (κ2) is 17.5. The monoisotopic (exact) mass is 94.0 g/mol. The van der Waals surface area contributed by atoms with E-state index in [4.69, 9.17) is 5.11 Å². The van der Waals surface area contributed by atoms with Crippen molar-refractivity contribution in [2.24, 2.45) is 0 Å². The van der Waals surface area contributed by atoms with E-state index in [-0.39, 0.29) is 80.9 Å². The molecule has 0 atom stereocenters. The maximum absolute atomic E-state index is 8.25. The Morgan fingerprint density at radius 1 is 1.25 bits per heavy atom. The molecule has 0 aliphatic heterocycles. The summed E-state index contributed by atoms with van der Waals surface area (Å²) in [5.41, 5.74) is 0. The Balaban J connectivity index is -0.00000000500. The average Bonchev–Trinajstić information content (AvgIpc) is 1.00. The Morgan fingerprint density at radius 2 is 1.25 bits per heavy atom. The summed E-state index contributed by atoms with van der Waals surface area (Å²) in [5, 5.41) is 8.25. The molecule has 0 unspecified atom stereocenters. The van der Waals surface area contributed by atoms with Crippen LogP contribution in [0, 0.1) is 0 Å². The van der Waals surface area contributed by atoms with Crippen LogP contribution in [-0.2, 0) is 0 Å². The van der Waals surface area contributed by atoms with Gasteiger partial charge in [0.05, 0.1) is 0 Å². The Kier molecular flexibility index (Phi) is 70.0. The van der Waals surface area contributed by atoms with Gasteiger partial charge in [0.25, 0.3) is 0 Å². The van der Waals surface area contributed by atoms with Crippen molar-refractivity contribution in [3.63, 3.8) is 0 Å². The van der Waals surface area contributed by atoms with Crippen molar-refractivity contribution in [3.05, 3.63) is 0 Å². The zero-order valence-electron chi connectivity index (χ0n) is 2.41. The van der Waals surface area contributed by atoms with Gasteiger partial charge in [-0.25, -0.2) is 0 Å². The Labute approximate surface area is 90.9 Å². The van der Waals surface area contributed by atoms with E-state index in [0.29, 0.717) is 0 Å². The molecule has 0 aliphatic carbocycles. The Morgan fingerprint density at radius 3 is 1.25 bits per heavy atom. The first-order valence-electron chi connectivity index (χ1n) is 0.408. The quantitative estimate of drug-likeness (QED) is 0.277. The van der Waals surface area contributed by atoms with E-state index in [2.05, 4.69) is 0 Å². The van der Waals surface area contributed by atoms with Crippen LogP contribution in [0.2, 0.25) is 0 Å². The molecule has 1 nitrogen and oxygen atoms in total. The van der Waals surface area contributed by atoms with Crippen molar-refractivity contribution in [1.29, 1.82) is 0 Å². The molecule has 0 radical (unpaired) electrons. The van der Waals surface area contributed by atoms with Crippen LogP contribution in [0.1, 0.15) is 0 Å². The zero-order chi connectivity index (χ0) is 2.00. The fourth-order valence-electron chi connectivity index (χ4n) is 0. The van der Waals surface area contributed by atoms with Crippen molar-refractivity contribution in [1.82, 2.24) is 0 Å². The number of hydrogen-bond acceptors (Lipinski definition) is 1. The molecule has 0 aliphatic rings. The van der Waals surface area contributed by atoms with Gasteiger partial charge in [0, 0.05) is 0 Å². The van der Waals surface area contributed by atoms with Gasteiger partial charge in [0.15, 0.2) is 0 Å². The molecule has 0 aromatic carbocycles. The number of hydrogen-bond donors (Lipinski definition) is 0.